The molecule has 0 spiro atoms. The molecule has 0 fully saturated rings. The number of aryl methyl sites for hydroxylation is 1. The summed E-state index contributed by atoms with van der Waals surface area (Å²) >= 11 is 0. The molecule has 0 aromatic carbocycles. The lowest BCUT2D eigenvalue weighted by Crippen LogP contribution is -2.16. The molecule has 1 atom stereocenters. The first kappa shape index (κ1) is 14.7. The lowest BCUT2D eigenvalue weighted by molar-refractivity contribution is 0.173. The first-order valence-corrected chi connectivity index (χ1v) is 7.49. The van der Waals surface area contributed by atoms with Crippen molar-refractivity contribution in [2.45, 2.75) is 19.1 Å². The zero-order valence-corrected chi connectivity index (χ0v) is 11.2. The van der Waals surface area contributed by atoms with E-state index >= 15 is 0 Å². The maximum absolute atomic E-state index is 11.5. The van der Waals surface area contributed by atoms with Gasteiger partial charge in [0.1, 0.15) is 0 Å². The van der Waals surface area contributed by atoms with Gasteiger partial charge in [-0.3, -0.25) is 14.3 Å². The number of H-pyrrole nitrogens is 1. The lowest BCUT2D eigenvalue weighted by Gasteiger charge is -2.11. The predicted molar refractivity (Wildman–Crippen MR) is 70.1 cm³/mol. The number of hydrogen-bond acceptors (Lipinski definition) is 6. The second-order valence-corrected chi connectivity index (χ2v) is 6.05. The van der Waals surface area contributed by atoms with Gasteiger partial charge >= 0.3 is 7.60 Å². The van der Waals surface area contributed by atoms with Crippen molar-refractivity contribution < 1.29 is 19.5 Å². The Hall–Kier alpha value is -1.74. The van der Waals surface area contributed by atoms with Gasteiger partial charge in [-0.15, -0.1) is 0 Å². The summed E-state index contributed by atoms with van der Waals surface area (Å²) in [7, 11) is -4.26. The normalized spacial score (nSPS) is 13.8. The highest BCUT2D eigenvalue weighted by atomic mass is 31.2. The van der Waals surface area contributed by atoms with Crippen LogP contribution in [0.5, 0.6) is 0 Å². The third kappa shape index (κ3) is 3.42. The van der Waals surface area contributed by atoms with Crippen LogP contribution in [-0.4, -0.2) is 46.7 Å². The fraction of sp³-hybridized carbons (Fsp3) is 0.444. The number of nitrogens with two attached hydrogens (primary N) is 1. The molecule has 0 aliphatic heterocycles. The van der Waals surface area contributed by atoms with E-state index in [2.05, 4.69) is 15.0 Å². The standard InChI is InChI=1S/C9H14N5O5P/c10-9-12-7-6(8(16)13-9)11-4-14(7)2-1-5(15)3-20(17,18)19/h4-5,15H,1-3H2,(H2,17,18,19)(H3,10,12,13,16)/t5-/m0/s1. The van der Waals surface area contributed by atoms with Gasteiger partial charge in [0, 0.05) is 6.54 Å². The lowest BCUT2D eigenvalue weighted by atomic mass is 10.3. The van der Waals surface area contributed by atoms with Crippen molar-refractivity contribution in [3.05, 3.63) is 16.7 Å². The molecule has 6 N–H and O–H groups in total. The van der Waals surface area contributed by atoms with Crippen molar-refractivity contribution in [2.75, 3.05) is 11.9 Å². The van der Waals surface area contributed by atoms with Crippen molar-refractivity contribution in [3.63, 3.8) is 0 Å². The van der Waals surface area contributed by atoms with Gasteiger partial charge in [-0.2, -0.15) is 4.98 Å². The van der Waals surface area contributed by atoms with E-state index in [0.717, 1.165) is 0 Å². The van der Waals surface area contributed by atoms with Gasteiger partial charge < -0.3 is 25.2 Å². The van der Waals surface area contributed by atoms with Crippen LogP contribution in [0.4, 0.5) is 5.95 Å². The van der Waals surface area contributed by atoms with Crippen LogP contribution in [0.3, 0.4) is 0 Å². The molecule has 2 heterocycles. The van der Waals surface area contributed by atoms with Crippen molar-refractivity contribution >= 4 is 24.7 Å². The molecule has 110 valence electrons. The molecule has 0 saturated heterocycles. The van der Waals surface area contributed by atoms with Gasteiger partial charge in [0.05, 0.1) is 18.6 Å². The fourth-order valence-corrected chi connectivity index (χ4v) is 2.52. The Morgan fingerprint density at radius 3 is 2.85 bits per heavy atom. The number of nitrogens with one attached hydrogen (secondary N) is 1. The van der Waals surface area contributed by atoms with Crippen LogP contribution >= 0.6 is 7.60 Å². The summed E-state index contributed by atoms with van der Waals surface area (Å²) in [5.74, 6) is -0.0555. The van der Waals surface area contributed by atoms with Crippen molar-refractivity contribution in [1.29, 1.82) is 0 Å². The number of aromatic amines is 1. The molecule has 0 radical (unpaired) electrons. The first-order chi connectivity index (χ1) is 9.26. The van der Waals surface area contributed by atoms with E-state index in [4.69, 9.17) is 15.5 Å². The van der Waals surface area contributed by atoms with Crippen molar-refractivity contribution in [2.24, 2.45) is 0 Å². The molecule has 10 nitrogen and oxygen atoms in total. The van der Waals surface area contributed by atoms with Crippen LogP contribution in [0.15, 0.2) is 11.1 Å². The summed E-state index contributed by atoms with van der Waals surface area (Å²) in [5, 5.41) is 9.53. The smallest absolute Gasteiger partial charge is 0.328 e. The number of hydrogen-bond donors (Lipinski definition) is 5. The Morgan fingerprint density at radius 2 is 2.20 bits per heavy atom. The summed E-state index contributed by atoms with van der Waals surface area (Å²) in [5.41, 5.74) is 5.33. The largest absolute Gasteiger partial charge is 0.392 e. The van der Waals surface area contributed by atoms with Crippen LogP contribution < -0.4 is 11.3 Å². The molecule has 0 amide bonds. The van der Waals surface area contributed by atoms with Crippen molar-refractivity contribution in [1.82, 2.24) is 19.5 Å². The van der Waals surface area contributed by atoms with Gasteiger partial charge in [0.15, 0.2) is 11.2 Å². The zero-order chi connectivity index (χ0) is 14.9. The summed E-state index contributed by atoms with van der Waals surface area (Å²) in [4.78, 5) is 39.1. The number of nitrogens with zero attached hydrogens (tertiary/aromatic N) is 3. The number of imidazole rings is 1. The third-order valence-corrected chi connectivity index (χ3v) is 3.54. The summed E-state index contributed by atoms with van der Waals surface area (Å²) < 4.78 is 12.2. The number of aliphatic hydroxyl groups excluding tert-OH is 1. The Balaban J connectivity index is 2.15. The van der Waals surface area contributed by atoms with Crippen LogP contribution in [0.25, 0.3) is 11.2 Å². The van der Waals surface area contributed by atoms with E-state index in [1.54, 1.807) is 0 Å². The molecule has 2 aromatic heterocycles. The third-order valence-electron chi connectivity index (χ3n) is 2.64. The molecule has 0 aliphatic rings. The second-order valence-electron chi connectivity index (χ2n) is 4.35. The minimum atomic E-state index is -4.26. The minimum Gasteiger partial charge on any atom is -0.392 e. The Labute approximate surface area is 112 Å². The number of nitrogen functional groups attached to an aromatic ring is 1. The highest BCUT2D eigenvalue weighted by molar-refractivity contribution is 7.51. The molecule has 0 unspecified atom stereocenters. The molecule has 20 heavy (non-hydrogen) atoms. The Morgan fingerprint density at radius 1 is 1.50 bits per heavy atom. The number of aliphatic hydroxyl groups is 1. The van der Waals surface area contributed by atoms with E-state index in [1.807, 2.05) is 0 Å². The van der Waals surface area contributed by atoms with E-state index in [9.17, 15) is 14.5 Å². The van der Waals surface area contributed by atoms with Crippen LogP contribution in [0.1, 0.15) is 6.42 Å². The SMILES string of the molecule is Nc1nc2c(ncn2CC[C@H](O)CP(=O)(O)O)c(=O)[nH]1. The van der Waals surface area contributed by atoms with E-state index in [1.165, 1.54) is 10.9 Å². The minimum absolute atomic E-state index is 0.0555. The maximum Gasteiger partial charge on any atom is 0.328 e. The monoisotopic (exact) mass is 303 g/mol. The molecule has 0 bridgehead atoms. The highest BCUT2D eigenvalue weighted by Gasteiger charge is 2.20. The molecule has 0 saturated carbocycles. The average molecular weight is 303 g/mol. The van der Waals surface area contributed by atoms with Gasteiger partial charge in [0.25, 0.3) is 5.56 Å². The van der Waals surface area contributed by atoms with Gasteiger partial charge in [-0.05, 0) is 6.42 Å². The maximum atomic E-state index is 11.5. The molecule has 0 aliphatic carbocycles. The van der Waals surface area contributed by atoms with Gasteiger partial charge in [0.2, 0.25) is 5.95 Å². The summed E-state index contributed by atoms with van der Waals surface area (Å²) in [6.07, 6.45) is -0.329. The molecular weight excluding hydrogens is 289 g/mol. The second kappa shape index (κ2) is 5.33. The van der Waals surface area contributed by atoms with Crippen molar-refractivity contribution in [3.8, 4) is 0 Å². The molecular formula is C9H14N5O5P. The van der Waals surface area contributed by atoms with E-state index < -0.39 is 25.4 Å². The first-order valence-electron chi connectivity index (χ1n) is 5.69. The molecule has 2 rings (SSSR count). The Bertz CT molecular complexity index is 719. The number of fused-ring (bicyclic) bond motifs is 1. The number of rotatable bonds is 5. The van der Waals surface area contributed by atoms with Crippen LogP contribution in [-0.2, 0) is 11.1 Å². The predicted octanol–water partition coefficient (Wildman–Crippen LogP) is -1.37. The molecule has 2 aromatic rings. The zero-order valence-electron chi connectivity index (χ0n) is 10.3. The van der Waals surface area contributed by atoms with Crippen LogP contribution in [0, 0.1) is 0 Å². The van der Waals surface area contributed by atoms with Gasteiger partial charge in [-0.25, -0.2) is 4.98 Å². The van der Waals surface area contributed by atoms with E-state index in [-0.39, 0.29) is 30.1 Å². The molecule has 11 heteroatoms. The summed E-state index contributed by atoms with van der Waals surface area (Å²) in [6, 6.07) is 0. The fourth-order valence-electron chi connectivity index (χ4n) is 1.79. The average Bonchev–Trinajstić information content (AvgIpc) is 2.67. The number of anilines is 1. The quantitative estimate of drug-likeness (QED) is 0.421. The summed E-state index contributed by atoms with van der Waals surface area (Å²) in [6.45, 7) is 0.202. The van der Waals surface area contributed by atoms with Gasteiger partial charge in [-0.1, -0.05) is 0 Å². The topological polar surface area (TPSA) is 167 Å². The highest BCUT2D eigenvalue weighted by Crippen LogP contribution is 2.35. The van der Waals surface area contributed by atoms with E-state index in [0.29, 0.717) is 0 Å². The Kier molecular flexibility index (Phi) is 3.91. The number of aromatic nitrogens is 4. The van der Waals surface area contributed by atoms with Crippen LogP contribution in [0.2, 0.25) is 0 Å².